The van der Waals surface area contributed by atoms with Gasteiger partial charge in [-0.15, -0.1) is 0 Å². The zero-order valence-electron chi connectivity index (χ0n) is 13.5. The van der Waals surface area contributed by atoms with Crippen LogP contribution in [0.5, 0.6) is 11.6 Å². The molecule has 0 aliphatic rings. The number of hydrogen-bond donors (Lipinski definition) is 1. The van der Waals surface area contributed by atoms with Gasteiger partial charge >= 0.3 is 0 Å². The second kappa shape index (κ2) is 7.49. The Morgan fingerprint density at radius 2 is 2.13 bits per heavy atom. The summed E-state index contributed by atoms with van der Waals surface area (Å²) in [6, 6.07) is 5.04. The van der Waals surface area contributed by atoms with E-state index in [0.29, 0.717) is 28.8 Å². The van der Waals surface area contributed by atoms with Crippen LogP contribution >= 0.6 is 11.6 Å². The summed E-state index contributed by atoms with van der Waals surface area (Å²) in [6.07, 6.45) is 1.23. The summed E-state index contributed by atoms with van der Waals surface area (Å²) in [5.74, 6) is 1.15. The first-order valence-corrected chi connectivity index (χ1v) is 7.95. The van der Waals surface area contributed by atoms with Gasteiger partial charge in [0.25, 0.3) is 0 Å². The molecular formula is C17H20ClN3O2. The maximum atomic E-state index is 9.23. The third-order valence-corrected chi connectivity index (χ3v) is 3.65. The largest absolute Gasteiger partial charge is 0.440 e. The van der Waals surface area contributed by atoms with Crippen LogP contribution < -0.4 is 4.74 Å². The van der Waals surface area contributed by atoms with Gasteiger partial charge in [0.2, 0.25) is 5.88 Å². The highest BCUT2D eigenvalue weighted by Gasteiger charge is 2.20. The van der Waals surface area contributed by atoms with Crippen molar-refractivity contribution in [2.75, 3.05) is 6.61 Å². The van der Waals surface area contributed by atoms with Gasteiger partial charge < -0.3 is 9.84 Å². The van der Waals surface area contributed by atoms with Crippen molar-refractivity contribution < 1.29 is 9.84 Å². The molecule has 1 heterocycles. The summed E-state index contributed by atoms with van der Waals surface area (Å²) in [5, 5.41) is 14.3. The molecule has 1 aromatic carbocycles. The number of aromatic nitrogens is 2. The van der Waals surface area contributed by atoms with Gasteiger partial charge in [0.1, 0.15) is 5.75 Å². The van der Waals surface area contributed by atoms with Crippen molar-refractivity contribution in [2.24, 2.45) is 0 Å². The second-order valence-corrected chi connectivity index (χ2v) is 5.89. The predicted octanol–water partition coefficient (Wildman–Crippen LogP) is 4.56. The average Bonchev–Trinajstić information content (AvgIpc) is 2.84. The molecular weight excluding hydrogens is 314 g/mol. The number of halogens is 1. The van der Waals surface area contributed by atoms with Crippen molar-refractivity contribution in [1.29, 1.82) is 0 Å². The summed E-state index contributed by atoms with van der Waals surface area (Å²) in [5.41, 5.74) is 2.24. The minimum Gasteiger partial charge on any atom is -0.440 e. The molecule has 6 heteroatoms. The van der Waals surface area contributed by atoms with Gasteiger partial charge in [-0.05, 0) is 38.5 Å². The van der Waals surface area contributed by atoms with Crippen LogP contribution in [-0.4, -0.2) is 21.5 Å². The van der Waals surface area contributed by atoms with Crippen LogP contribution in [0, 0.1) is 6.57 Å². The van der Waals surface area contributed by atoms with Gasteiger partial charge in [-0.3, -0.25) is 0 Å². The molecule has 23 heavy (non-hydrogen) atoms. The van der Waals surface area contributed by atoms with Crippen molar-refractivity contribution in [3.05, 3.63) is 45.9 Å². The summed E-state index contributed by atoms with van der Waals surface area (Å²) < 4.78 is 7.84. The van der Waals surface area contributed by atoms with Crippen LogP contribution in [0.3, 0.4) is 0 Å². The van der Waals surface area contributed by atoms with E-state index in [1.54, 1.807) is 18.2 Å². The van der Waals surface area contributed by atoms with Gasteiger partial charge in [-0.2, -0.15) is 5.10 Å². The van der Waals surface area contributed by atoms with Gasteiger partial charge in [0.05, 0.1) is 18.3 Å². The van der Waals surface area contributed by atoms with Gasteiger partial charge in [-0.1, -0.05) is 18.5 Å². The SMILES string of the molecule is [C-]#[N+]c1cc(Cl)cc(Oc2c(CC)c(CCO)nn2C(C)C)c1. The van der Waals surface area contributed by atoms with E-state index in [0.717, 1.165) is 17.7 Å². The zero-order chi connectivity index (χ0) is 17.0. The topological polar surface area (TPSA) is 51.6 Å². The Bertz CT molecular complexity index is 732. The van der Waals surface area contributed by atoms with E-state index in [9.17, 15) is 5.11 Å². The first-order chi connectivity index (χ1) is 11.0. The summed E-state index contributed by atoms with van der Waals surface area (Å²) >= 11 is 6.05. The molecule has 0 radical (unpaired) electrons. The van der Waals surface area contributed by atoms with E-state index in [4.69, 9.17) is 22.9 Å². The predicted molar refractivity (Wildman–Crippen MR) is 90.6 cm³/mol. The normalized spacial score (nSPS) is 10.8. The van der Waals surface area contributed by atoms with Gasteiger partial charge in [-0.25, -0.2) is 9.53 Å². The molecule has 0 aliphatic carbocycles. The highest BCUT2D eigenvalue weighted by molar-refractivity contribution is 6.31. The Labute approximate surface area is 141 Å². The molecule has 0 amide bonds. The van der Waals surface area contributed by atoms with E-state index >= 15 is 0 Å². The number of rotatable bonds is 6. The second-order valence-electron chi connectivity index (χ2n) is 5.45. The van der Waals surface area contributed by atoms with Crippen LogP contribution in [-0.2, 0) is 12.8 Å². The molecule has 0 bridgehead atoms. The third-order valence-electron chi connectivity index (χ3n) is 3.43. The number of benzene rings is 1. The van der Waals surface area contributed by atoms with Crippen molar-refractivity contribution in [3.8, 4) is 11.6 Å². The molecule has 1 aromatic heterocycles. The first kappa shape index (κ1) is 17.3. The van der Waals surface area contributed by atoms with E-state index in [1.165, 1.54) is 0 Å². The number of aliphatic hydroxyl groups excluding tert-OH is 1. The van der Waals surface area contributed by atoms with E-state index in [-0.39, 0.29) is 12.6 Å². The molecule has 1 N–H and O–H groups in total. The standard InChI is InChI=1S/C17H20ClN3O2/c1-5-15-16(6-7-22)20-21(11(2)3)17(15)23-14-9-12(18)8-13(10-14)19-4/h8-11,22H,5-7H2,1-3H3. The van der Waals surface area contributed by atoms with E-state index in [1.807, 2.05) is 25.5 Å². The smallest absolute Gasteiger partial charge is 0.221 e. The van der Waals surface area contributed by atoms with Crippen molar-refractivity contribution in [1.82, 2.24) is 9.78 Å². The Balaban J connectivity index is 2.49. The lowest BCUT2D eigenvalue weighted by Gasteiger charge is -2.13. The summed E-state index contributed by atoms with van der Waals surface area (Å²) in [6.45, 7) is 13.2. The number of hydrogen-bond acceptors (Lipinski definition) is 3. The Hall–Kier alpha value is -2.03. The molecule has 122 valence electrons. The van der Waals surface area contributed by atoms with Crippen molar-refractivity contribution >= 4 is 17.3 Å². The maximum absolute atomic E-state index is 9.23. The minimum absolute atomic E-state index is 0.0422. The fourth-order valence-electron chi connectivity index (χ4n) is 2.40. The van der Waals surface area contributed by atoms with Crippen molar-refractivity contribution in [3.63, 3.8) is 0 Å². The third kappa shape index (κ3) is 3.84. The fourth-order valence-corrected chi connectivity index (χ4v) is 2.62. The molecule has 5 nitrogen and oxygen atoms in total. The lowest BCUT2D eigenvalue weighted by Crippen LogP contribution is -2.06. The molecule has 0 unspecified atom stereocenters. The Morgan fingerprint density at radius 1 is 1.39 bits per heavy atom. The quantitative estimate of drug-likeness (QED) is 0.788. The lowest BCUT2D eigenvalue weighted by molar-refractivity contribution is 0.297. The Morgan fingerprint density at radius 3 is 2.70 bits per heavy atom. The molecule has 2 rings (SSSR count). The number of ether oxygens (including phenoxy) is 1. The summed E-state index contributed by atoms with van der Waals surface area (Å²) in [4.78, 5) is 3.40. The number of nitrogens with zero attached hydrogens (tertiary/aromatic N) is 3. The fraction of sp³-hybridized carbons (Fsp3) is 0.412. The average molecular weight is 334 g/mol. The van der Waals surface area contributed by atoms with Crippen LogP contribution in [0.15, 0.2) is 18.2 Å². The molecule has 0 saturated carbocycles. The molecule has 0 aliphatic heterocycles. The van der Waals surface area contributed by atoms with Crippen LogP contribution in [0.25, 0.3) is 4.85 Å². The molecule has 0 atom stereocenters. The van der Waals surface area contributed by atoms with Crippen molar-refractivity contribution in [2.45, 2.75) is 39.7 Å². The highest BCUT2D eigenvalue weighted by atomic mass is 35.5. The first-order valence-electron chi connectivity index (χ1n) is 7.57. The molecule has 2 aromatic rings. The van der Waals surface area contributed by atoms with Crippen LogP contribution in [0.4, 0.5) is 5.69 Å². The maximum Gasteiger partial charge on any atom is 0.221 e. The van der Waals surface area contributed by atoms with E-state index < -0.39 is 0 Å². The zero-order valence-corrected chi connectivity index (χ0v) is 14.3. The minimum atomic E-state index is 0.0422. The monoisotopic (exact) mass is 333 g/mol. The molecule has 0 saturated heterocycles. The highest BCUT2D eigenvalue weighted by Crippen LogP contribution is 2.34. The van der Waals surface area contributed by atoms with E-state index in [2.05, 4.69) is 9.94 Å². The molecule has 0 fully saturated rings. The Kier molecular flexibility index (Phi) is 5.64. The summed E-state index contributed by atoms with van der Waals surface area (Å²) in [7, 11) is 0. The van der Waals surface area contributed by atoms with Crippen LogP contribution in [0.1, 0.15) is 38.1 Å². The number of aliphatic hydroxyl groups is 1. The van der Waals surface area contributed by atoms with Gasteiger partial charge in [0.15, 0.2) is 5.69 Å². The lowest BCUT2D eigenvalue weighted by atomic mass is 10.1. The van der Waals surface area contributed by atoms with Crippen LogP contribution in [0.2, 0.25) is 5.02 Å². The van der Waals surface area contributed by atoms with Gasteiger partial charge in [0, 0.05) is 23.6 Å². The molecule has 0 spiro atoms.